The van der Waals surface area contributed by atoms with Crippen molar-refractivity contribution in [1.29, 1.82) is 0 Å². The standard InChI is InChI=1S/C9H13Cl2NO2/c1-7(13)9(10,11)8(14)12-5-3-2-4-6-12/h2-6H2,1H3. The largest absolute Gasteiger partial charge is 0.340 e. The summed E-state index contributed by atoms with van der Waals surface area (Å²) >= 11 is 11.4. The molecule has 5 heteroatoms. The first kappa shape index (κ1) is 11.8. The third-order valence-corrected chi connectivity index (χ3v) is 3.21. The van der Waals surface area contributed by atoms with Gasteiger partial charge in [0.2, 0.25) is 0 Å². The third-order valence-electron chi connectivity index (χ3n) is 2.35. The number of amides is 1. The van der Waals surface area contributed by atoms with Crippen LogP contribution in [0.5, 0.6) is 0 Å². The Morgan fingerprint density at radius 2 is 1.64 bits per heavy atom. The summed E-state index contributed by atoms with van der Waals surface area (Å²) in [5.41, 5.74) is 0. The SMILES string of the molecule is CC(=O)C(Cl)(Cl)C(=O)N1CCCCC1. The van der Waals surface area contributed by atoms with Crippen molar-refractivity contribution in [3.8, 4) is 0 Å². The zero-order chi connectivity index (χ0) is 10.8. The average Bonchev–Trinajstić information content (AvgIpc) is 2.17. The van der Waals surface area contributed by atoms with Crippen LogP contribution >= 0.6 is 23.2 Å². The molecule has 1 heterocycles. The fourth-order valence-corrected chi connectivity index (χ4v) is 1.69. The van der Waals surface area contributed by atoms with E-state index >= 15 is 0 Å². The summed E-state index contributed by atoms with van der Waals surface area (Å²) in [4.78, 5) is 24.3. The lowest BCUT2D eigenvalue weighted by Gasteiger charge is -2.30. The first-order chi connectivity index (χ1) is 6.46. The van der Waals surface area contributed by atoms with E-state index in [0.29, 0.717) is 13.1 Å². The van der Waals surface area contributed by atoms with E-state index in [0.717, 1.165) is 19.3 Å². The van der Waals surface area contributed by atoms with Gasteiger partial charge in [-0.25, -0.2) is 0 Å². The number of hydrogen-bond donors (Lipinski definition) is 0. The Labute approximate surface area is 93.3 Å². The Hall–Kier alpha value is -0.280. The van der Waals surface area contributed by atoms with Crippen molar-refractivity contribution in [2.75, 3.05) is 13.1 Å². The van der Waals surface area contributed by atoms with Gasteiger partial charge in [0.05, 0.1) is 0 Å². The summed E-state index contributed by atoms with van der Waals surface area (Å²) in [5.74, 6) is -0.996. The second kappa shape index (κ2) is 4.49. The van der Waals surface area contributed by atoms with Crippen LogP contribution in [0.1, 0.15) is 26.2 Å². The number of Topliss-reactive ketones (excluding diaryl/α,β-unsaturated/α-hetero) is 1. The van der Waals surface area contributed by atoms with E-state index in [1.165, 1.54) is 6.92 Å². The van der Waals surface area contributed by atoms with Gasteiger partial charge in [-0.2, -0.15) is 0 Å². The maximum atomic E-state index is 11.7. The van der Waals surface area contributed by atoms with Crippen LogP contribution < -0.4 is 0 Å². The summed E-state index contributed by atoms with van der Waals surface area (Å²) in [6.45, 7) is 2.52. The smallest absolute Gasteiger partial charge is 0.266 e. The summed E-state index contributed by atoms with van der Waals surface area (Å²) in [7, 11) is 0. The highest BCUT2D eigenvalue weighted by Gasteiger charge is 2.42. The van der Waals surface area contributed by atoms with Gasteiger partial charge in [-0.1, -0.05) is 23.2 Å². The summed E-state index contributed by atoms with van der Waals surface area (Å²) in [6, 6.07) is 0. The molecule has 0 atom stereocenters. The predicted molar refractivity (Wildman–Crippen MR) is 55.5 cm³/mol. The number of alkyl halides is 2. The normalized spacial score (nSPS) is 18.1. The first-order valence-electron chi connectivity index (χ1n) is 4.64. The quantitative estimate of drug-likeness (QED) is 0.543. The van der Waals surface area contributed by atoms with Gasteiger partial charge in [0.1, 0.15) is 0 Å². The number of hydrogen-bond acceptors (Lipinski definition) is 2. The van der Waals surface area contributed by atoms with Crippen LogP contribution in [0.15, 0.2) is 0 Å². The second-order valence-corrected chi connectivity index (χ2v) is 4.81. The van der Waals surface area contributed by atoms with E-state index in [1.54, 1.807) is 4.90 Å². The van der Waals surface area contributed by atoms with Crippen molar-refractivity contribution in [3.05, 3.63) is 0 Å². The van der Waals surface area contributed by atoms with Crippen LogP contribution in [0.25, 0.3) is 0 Å². The molecule has 0 radical (unpaired) electrons. The van der Waals surface area contributed by atoms with E-state index < -0.39 is 16.0 Å². The first-order valence-corrected chi connectivity index (χ1v) is 5.40. The second-order valence-electron chi connectivity index (χ2n) is 3.48. The summed E-state index contributed by atoms with van der Waals surface area (Å²) in [6.07, 6.45) is 3.02. The average molecular weight is 238 g/mol. The highest BCUT2D eigenvalue weighted by molar-refractivity contribution is 6.67. The molecule has 1 rings (SSSR count). The van der Waals surface area contributed by atoms with Crippen molar-refractivity contribution >= 4 is 34.9 Å². The molecule has 0 aromatic rings. The molecule has 1 fully saturated rings. The molecule has 3 nitrogen and oxygen atoms in total. The van der Waals surface area contributed by atoms with Crippen LogP contribution in [0.3, 0.4) is 0 Å². The minimum Gasteiger partial charge on any atom is -0.340 e. The van der Waals surface area contributed by atoms with E-state index in [9.17, 15) is 9.59 Å². The number of ketones is 1. The fourth-order valence-electron chi connectivity index (χ4n) is 1.45. The number of nitrogens with zero attached hydrogens (tertiary/aromatic N) is 1. The van der Waals surface area contributed by atoms with Gasteiger partial charge in [-0.05, 0) is 26.2 Å². The molecule has 0 spiro atoms. The Balaban J connectivity index is 2.67. The van der Waals surface area contributed by atoms with Gasteiger partial charge in [0.25, 0.3) is 10.2 Å². The lowest BCUT2D eigenvalue weighted by molar-refractivity contribution is -0.136. The van der Waals surface area contributed by atoms with Gasteiger partial charge in [-0.15, -0.1) is 0 Å². The molecule has 80 valence electrons. The van der Waals surface area contributed by atoms with Crippen LogP contribution in [0, 0.1) is 0 Å². The molecular formula is C9H13Cl2NO2. The summed E-state index contributed by atoms with van der Waals surface area (Å²) in [5, 5.41) is 0. The number of halogens is 2. The molecule has 14 heavy (non-hydrogen) atoms. The van der Waals surface area contributed by atoms with Crippen molar-refractivity contribution in [3.63, 3.8) is 0 Å². The Morgan fingerprint density at radius 3 is 2.07 bits per heavy atom. The van der Waals surface area contributed by atoms with Crippen LogP contribution in [-0.4, -0.2) is 34.0 Å². The van der Waals surface area contributed by atoms with E-state index in [-0.39, 0.29) is 0 Å². The van der Waals surface area contributed by atoms with Crippen molar-refractivity contribution in [1.82, 2.24) is 4.90 Å². The van der Waals surface area contributed by atoms with Crippen LogP contribution in [-0.2, 0) is 9.59 Å². The highest BCUT2D eigenvalue weighted by atomic mass is 35.5. The molecule has 0 saturated carbocycles. The Morgan fingerprint density at radius 1 is 1.14 bits per heavy atom. The number of carbonyl (C=O) groups excluding carboxylic acids is 2. The maximum absolute atomic E-state index is 11.7. The summed E-state index contributed by atoms with van der Waals surface area (Å²) < 4.78 is -1.89. The van der Waals surface area contributed by atoms with Crippen molar-refractivity contribution in [2.24, 2.45) is 0 Å². The topological polar surface area (TPSA) is 37.4 Å². The van der Waals surface area contributed by atoms with E-state index in [1.807, 2.05) is 0 Å². The zero-order valence-corrected chi connectivity index (χ0v) is 9.57. The fraction of sp³-hybridized carbons (Fsp3) is 0.778. The number of rotatable bonds is 2. The third kappa shape index (κ3) is 2.39. The van der Waals surface area contributed by atoms with E-state index in [4.69, 9.17) is 23.2 Å². The molecule has 0 bridgehead atoms. The monoisotopic (exact) mass is 237 g/mol. The van der Waals surface area contributed by atoms with Gasteiger partial charge >= 0.3 is 0 Å². The zero-order valence-electron chi connectivity index (χ0n) is 8.06. The lowest BCUT2D eigenvalue weighted by atomic mass is 10.1. The van der Waals surface area contributed by atoms with Crippen molar-refractivity contribution < 1.29 is 9.59 Å². The van der Waals surface area contributed by atoms with Gasteiger partial charge in [-0.3, -0.25) is 9.59 Å². The van der Waals surface area contributed by atoms with Crippen molar-refractivity contribution in [2.45, 2.75) is 30.5 Å². The molecule has 0 aliphatic carbocycles. The molecule has 1 aliphatic heterocycles. The van der Waals surface area contributed by atoms with E-state index in [2.05, 4.69) is 0 Å². The van der Waals surface area contributed by atoms with Crippen LogP contribution in [0.2, 0.25) is 0 Å². The molecule has 0 aromatic carbocycles. The Bertz CT molecular complexity index is 247. The maximum Gasteiger partial charge on any atom is 0.266 e. The molecular weight excluding hydrogens is 225 g/mol. The minimum atomic E-state index is -1.89. The molecule has 1 saturated heterocycles. The molecule has 1 aliphatic rings. The van der Waals surface area contributed by atoms with Gasteiger partial charge < -0.3 is 4.90 Å². The number of piperidine rings is 1. The highest BCUT2D eigenvalue weighted by Crippen LogP contribution is 2.26. The molecule has 0 N–H and O–H groups in total. The van der Waals surface area contributed by atoms with Gasteiger partial charge in [0.15, 0.2) is 5.78 Å². The van der Waals surface area contributed by atoms with Gasteiger partial charge in [0, 0.05) is 13.1 Å². The lowest BCUT2D eigenvalue weighted by Crippen LogP contribution is -2.47. The van der Waals surface area contributed by atoms with Crippen LogP contribution in [0.4, 0.5) is 0 Å². The predicted octanol–water partition coefficient (Wildman–Crippen LogP) is 1.76. The molecule has 0 aromatic heterocycles. The Kier molecular flexibility index (Phi) is 3.78. The number of likely N-dealkylation sites (tertiary alicyclic amines) is 1. The molecule has 0 unspecified atom stereocenters. The molecule has 1 amide bonds. The minimum absolute atomic E-state index is 0.479. The number of carbonyl (C=O) groups is 2.